The SMILES string of the molecule is CCCC(=O)Cc1cc2c3c([nH]c2cc1OC(=O)NP(=O)(OCC)OCC)SC[C@@H]1NC(=O)CNC(=O)[C@H]([C@@H](C)CC)NC(=O)CNC(=O)[C@@H](CC(=O)[C@H](C(C)CC)NC(=O)[C@@H]2C[C@@H](O)CN2C(=O)[C@H](CC(=O)O)CC1=O)C3. The summed E-state index contributed by atoms with van der Waals surface area (Å²) in [5.74, 6) is -12.9. The van der Waals surface area contributed by atoms with Crippen LogP contribution < -0.4 is 36.4 Å². The van der Waals surface area contributed by atoms with Crippen molar-refractivity contribution < 1.29 is 81.3 Å². The highest BCUT2D eigenvalue weighted by atomic mass is 32.2. The number of ketones is 3. The number of aliphatic hydroxyl groups is 1. The number of carboxylic acids is 1. The third-order valence-corrected chi connectivity index (χ3v) is 16.8. The third-order valence-electron chi connectivity index (χ3n) is 14.0. The molecule has 27 heteroatoms. The third kappa shape index (κ3) is 16.7. The largest absolute Gasteiger partial charge is 0.481 e. The first-order valence-electron chi connectivity index (χ1n) is 26.4. The van der Waals surface area contributed by atoms with Crippen LogP contribution in [0.2, 0.25) is 0 Å². The molecule has 1 saturated heterocycles. The van der Waals surface area contributed by atoms with Gasteiger partial charge >= 0.3 is 19.8 Å². The van der Waals surface area contributed by atoms with Crippen molar-refractivity contribution in [1.29, 1.82) is 0 Å². The van der Waals surface area contributed by atoms with Gasteiger partial charge in [-0.15, -0.1) is 11.8 Å². The number of fused-ring (bicyclic) bond motifs is 5. The lowest BCUT2D eigenvalue weighted by atomic mass is 9.86. The number of carbonyl (C=O) groups excluding carboxylic acids is 10. The number of ether oxygens (including phenoxy) is 1. The fraction of sp³-hybridized carbons (Fsp3) is 0.627. The van der Waals surface area contributed by atoms with Crippen molar-refractivity contribution in [3.8, 4) is 5.75 Å². The molecule has 3 aliphatic rings. The fourth-order valence-electron chi connectivity index (χ4n) is 9.54. The smallest absolute Gasteiger partial charge is 0.437 e. The van der Waals surface area contributed by atoms with E-state index in [1.54, 1.807) is 34.6 Å². The maximum Gasteiger partial charge on any atom is 0.437 e. The Hall–Kier alpha value is -6.21. The number of H-pyrrole nitrogens is 1. The van der Waals surface area contributed by atoms with Crippen molar-refractivity contribution in [3.63, 3.8) is 0 Å². The zero-order chi connectivity index (χ0) is 57.6. The van der Waals surface area contributed by atoms with E-state index in [1.165, 1.54) is 26.0 Å². The number of hydrogen-bond acceptors (Lipinski definition) is 17. The van der Waals surface area contributed by atoms with Crippen molar-refractivity contribution in [2.75, 3.05) is 38.6 Å². The number of aliphatic carboxylic acids is 1. The van der Waals surface area contributed by atoms with Crippen LogP contribution in [0.1, 0.15) is 111 Å². The van der Waals surface area contributed by atoms with E-state index in [9.17, 15) is 67.5 Å². The molecule has 0 aliphatic carbocycles. The highest BCUT2D eigenvalue weighted by Crippen LogP contribution is 2.44. The van der Waals surface area contributed by atoms with Gasteiger partial charge in [0.2, 0.25) is 35.4 Å². The van der Waals surface area contributed by atoms with Crippen LogP contribution in [-0.4, -0.2) is 154 Å². The van der Waals surface area contributed by atoms with E-state index < -0.39 is 160 Å². The lowest BCUT2D eigenvalue weighted by Gasteiger charge is -2.31. The van der Waals surface area contributed by atoms with Gasteiger partial charge in [-0.3, -0.25) is 57.0 Å². The van der Waals surface area contributed by atoms with Crippen LogP contribution in [0, 0.1) is 23.7 Å². The number of Topliss-reactive ketones (excluding diaryl/α,β-unsaturated/α-hetero) is 3. The van der Waals surface area contributed by atoms with Gasteiger partial charge < -0.3 is 51.4 Å². The molecule has 2 bridgehead atoms. The molecule has 4 heterocycles. The number of thioether (sulfide) groups is 1. The molecular formula is C51H73N8O17PS. The molecule has 7 amide bonds. The zero-order valence-electron chi connectivity index (χ0n) is 45.0. The van der Waals surface area contributed by atoms with Gasteiger partial charge in [0.05, 0.1) is 67.4 Å². The lowest BCUT2D eigenvalue weighted by molar-refractivity contribution is -0.148. The fourth-order valence-corrected chi connectivity index (χ4v) is 11.8. The van der Waals surface area contributed by atoms with Crippen molar-refractivity contribution in [2.45, 2.75) is 148 Å². The normalized spacial score (nSPS) is 24.4. The second kappa shape index (κ2) is 28.6. The number of carbonyl (C=O) groups is 11. The molecule has 2 aromatic rings. The van der Waals surface area contributed by atoms with Crippen LogP contribution in [0.25, 0.3) is 10.9 Å². The van der Waals surface area contributed by atoms with Crippen LogP contribution in [0.15, 0.2) is 17.2 Å². The lowest BCUT2D eigenvalue weighted by Crippen LogP contribution is -2.55. The first-order chi connectivity index (χ1) is 36.9. The summed E-state index contributed by atoms with van der Waals surface area (Å²) in [6.45, 7) is 9.75. The predicted octanol–water partition coefficient (Wildman–Crippen LogP) is 2.38. The zero-order valence-corrected chi connectivity index (χ0v) is 46.7. The van der Waals surface area contributed by atoms with Crippen LogP contribution in [0.3, 0.4) is 0 Å². The number of benzene rings is 1. The Kier molecular flexibility index (Phi) is 23.0. The summed E-state index contributed by atoms with van der Waals surface area (Å²) < 4.78 is 29.4. The minimum atomic E-state index is -4.22. The van der Waals surface area contributed by atoms with Gasteiger partial charge in [-0.1, -0.05) is 47.5 Å². The van der Waals surface area contributed by atoms with E-state index in [0.29, 0.717) is 30.2 Å². The molecule has 5 rings (SSSR count). The van der Waals surface area contributed by atoms with Crippen LogP contribution in [0.5, 0.6) is 5.75 Å². The molecular weight excluding hydrogens is 1060 g/mol. The Bertz CT molecular complexity index is 2660. The number of carboxylic acid groups (broad SMARTS) is 1. The first kappa shape index (κ1) is 62.6. The minimum absolute atomic E-state index is 0.104. The van der Waals surface area contributed by atoms with Gasteiger partial charge in [-0.25, -0.2) is 14.4 Å². The highest BCUT2D eigenvalue weighted by molar-refractivity contribution is 7.99. The van der Waals surface area contributed by atoms with E-state index in [4.69, 9.17) is 13.8 Å². The van der Waals surface area contributed by atoms with Gasteiger partial charge in [0, 0.05) is 67.3 Å². The van der Waals surface area contributed by atoms with E-state index in [1.807, 2.05) is 0 Å². The van der Waals surface area contributed by atoms with Gasteiger partial charge in [0.15, 0.2) is 11.6 Å². The molecule has 0 spiro atoms. The molecule has 1 aromatic heterocycles. The van der Waals surface area contributed by atoms with Crippen LogP contribution in [0.4, 0.5) is 4.79 Å². The topological polar surface area (TPSA) is 364 Å². The second-order valence-electron chi connectivity index (χ2n) is 19.8. The number of nitrogens with one attached hydrogen (secondary N) is 7. The molecule has 1 fully saturated rings. The molecule has 78 heavy (non-hydrogen) atoms. The Morgan fingerprint density at radius 2 is 1.46 bits per heavy atom. The number of rotatable bonds is 16. The summed E-state index contributed by atoms with van der Waals surface area (Å²) in [6.07, 6.45) is -4.37. The summed E-state index contributed by atoms with van der Waals surface area (Å²) in [7, 11) is -4.22. The van der Waals surface area contributed by atoms with Crippen LogP contribution in [-0.2, 0) is 74.4 Å². The number of aromatic nitrogens is 1. The average molecular weight is 1130 g/mol. The van der Waals surface area contributed by atoms with E-state index in [-0.39, 0.29) is 72.3 Å². The number of nitrogens with zero attached hydrogens (tertiary/aromatic N) is 1. The second-order valence-corrected chi connectivity index (χ2v) is 22.6. The molecule has 3 aliphatic heterocycles. The molecule has 1 unspecified atom stereocenters. The van der Waals surface area contributed by atoms with Crippen molar-refractivity contribution in [3.05, 3.63) is 23.3 Å². The summed E-state index contributed by atoms with van der Waals surface area (Å²) in [5, 5.41) is 36.6. The molecule has 25 nitrogen and oxygen atoms in total. The summed E-state index contributed by atoms with van der Waals surface area (Å²) in [5.41, 5.74) is 0.685. The van der Waals surface area contributed by atoms with Crippen molar-refractivity contribution >= 4 is 95.3 Å². The summed E-state index contributed by atoms with van der Waals surface area (Å²) in [4.78, 5) is 158. The van der Waals surface area contributed by atoms with Crippen molar-refractivity contribution in [2.24, 2.45) is 23.7 Å². The molecule has 1 aromatic carbocycles. The average Bonchev–Trinajstić information content (AvgIpc) is 3.96. The van der Waals surface area contributed by atoms with Gasteiger partial charge in [-0.05, 0) is 50.2 Å². The molecule has 0 radical (unpaired) electrons. The number of hydrogen-bond donors (Lipinski definition) is 9. The Morgan fingerprint density at radius 3 is 2.09 bits per heavy atom. The van der Waals surface area contributed by atoms with E-state index in [0.717, 1.165) is 16.7 Å². The quantitative estimate of drug-likeness (QED) is 0.109. The Morgan fingerprint density at radius 1 is 0.821 bits per heavy atom. The maximum atomic E-state index is 14.9. The number of amides is 7. The monoisotopic (exact) mass is 1130 g/mol. The first-order valence-corrected chi connectivity index (χ1v) is 28.9. The highest BCUT2D eigenvalue weighted by Gasteiger charge is 2.44. The minimum Gasteiger partial charge on any atom is -0.481 e. The number of aromatic amines is 1. The molecule has 9 atom stereocenters. The summed E-state index contributed by atoms with van der Waals surface area (Å²) in [6, 6.07) is -2.55. The van der Waals surface area contributed by atoms with E-state index >= 15 is 0 Å². The molecule has 0 saturated carbocycles. The maximum absolute atomic E-state index is 14.9. The van der Waals surface area contributed by atoms with E-state index in [2.05, 4.69) is 36.7 Å². The summed E-state index contributed by atoms with van der Waals surface area (Å²) >= 11 is 0.935. The number of aliphatic hydroxyl groups excluding tert-OH is 1. The van der Waals surface area contributed by atoms with Gasteiger partial charge in [-0.2, -0.15) is 0 Å². The Balaban J connectivity index is 1.78. The van der Waals surface area contributed by atoms with Gasteiger partial charge in [0.25, 0.3) is 0 Å². The van der Waals surface area contributed by atoms with Gasteiger partial charge in [0.1, 0.15) is 23.6 Å². The molecule has 430 valence electrons. The Labute approximate surface area is 455 Å². The van der Waals surface area contributed by atoms with Crippen LogP contribution >= 0.6 is 19.5 Å². The standard InChI is InChI=1S/C51H73N8O17PS/c1-8-13-31(60)14-28-15-33-34-16-29-17-39(63)44(26(6)9-2)57-47(69)37-20-32(61)24-59(37)50(71)30(19-43(66)67)18-38(62)36(54-41(64)22-53-48(70)45(27(7)10-3)56-42(65)23-52-46(29)68)25-78-49(34)55-35(33)21-40(28)76-51(72)58-77(73,74-11-4)75-12-5/h15,21,26-27,29-30,32,36-37,44-45,55,61H,8-14,16-20,22-25H2,1-7H3,(H,52,68)(H,53,70)(H,54,64)(H,56,65)(H,57,69)(H,66,67)(H,58,72,73)/t26?,27-,29+,30-,32+,36-,37-,44-,45-/m0/s1. The molecule has 9 N–H and O–H groups in total. The predicted molar refractivity (Wildman–Crippen MR) is 282 cm³/mol. The van der Waals surface area contributed by atoms with Crippen molar-refractivity contribution in [1.82, 2.24) is 41.6 Å².